The summed E-state index contributed by atoms with van der Waals surface area (Å²) >= 11 is 0. The minimum atomic E-state index is 0.381. The van der Waals surface area contributed by atoms with E-state index in [0.717, 1.165) is 0 Å². The van der Waals surface area contributed by atoms with Gasteiger partial charge in [0.25, 0.3) is 0 Å². The van der Waals surface area contributed by atoms with Crippen molar-refractivity contribution in [3.63, 3.8) is 0 Å². The second-order valence-corrected chi connectivity index (χ2v) is 16.3. The van der Waals surface area contributed by atoms with Crippen LogP contribution in [0.1, 0.15) is 0 Å². The third-order valence-corrected chi connectivity index (χ3v) is 14.3. The van der Waals surface area contributed by atoms with E-state index in [1.54, 1.807) is 0 Å². The minimum Gasteiger partial charge on any atom is -0.00934 e. The molecule has 0 amide bonds. The van der Waals surface area contributed by atoms with Crippen molar-refractivity contribution in [2.24, 2.45) is 0 Å². The highest BCUT2D eigenvalue weighted by molar-refractivity contribution is 7.37. The lowest BCUT2D eigenvalue weighted by atomic mass is 26.5. The molecule has 0 aliphatic carbocycles. The molecule has 4 radical (unpaired) electrons. The standard InChI is InChI=1S/H6Si4/c1-3-4-2/h1,3-4H2. The van der Waals surface area contributed by atoms with Crippen LogP contribution in [0.15, 0.2) is 0 Å². The van der Waals surface area contributed by atoms with E-state index in [0.29, 0.717) is 17.1 Å². The molecule has 4 heteroatoms. The SMILES string of the molecule is [Si][SiH2][SiH2][SiH2]. The van der Waals surface area contributed by atoms with Gasteiger partial charge in [0.2, 0.25) is 0 Å². The van der Waals surface area contributed by atoms with Gasteiger partial charge in [0, 0.05) is 0 Å². The van der Waals surface area contributed by atoms with Crippen LogP contribution in [0, 0.1) is 0 Å². The van der Waals surface area contributed by atoms with Crippen LogP contribution in [0.4, 0.5) is 0 Å². The van der Waals surface area contributed by atoms with Crippen LogP contribution in [0.2, 0.25) is 0 Å². The molecule has 0 fully saturated rings. The van der Waals surface area contributed by atoms with E-state index >= 15 is 0 Å². The van der Waals surface area contributed by atoms with E-state index in [-0.39, 0.29) is 0 Å². The Balaban J connectivity index is 1.97. The Morgan fingerprint density at radius 1 is 1.75 bits per heavy atom. The first-order valence-corrected chi connectivity index (χ1v) is 12.2. The Kier molecular flexibility index (Phi) is 4.71. The third kappa shape index (κ3) is 2.87. The summed E-state index contributed by atoms with van der Waals surface area (Å²) in [5.41, 5.74) is 0. The Hall–Kier alpha value is 0.868. The fourth-order valence-electron chi connectivity index (χ4n) is 0. The smallest absolute Gasteiger partial charge is 0.00149 e. The van der Waals surface area contributed by atoms with Crippen LogP contribution < -0.4 is 0 Å². The molecule has 0 aromatic rings. The molecule has 0 aromatic carbocycles. The molecule has 0 bridgehead atoms. The van der Waals surface area contributed by atoms with Crippen molar-refractivity contribution >= 4 is 36.6 Å². The molecule has 0 saturated heterocycles. The first-order valence-electron chi connectivity index (χ1n) is 1.35. The molecule has 4 heavy (non-hydrogen) atoms. The van der Waals surface area contributed by atoms with Crippen molar-refractivity contribution in [1.82, 2.24) is 0 Å². The van der Waals surface area contributed by atoms with Gasteiger partial charge in [-0.1, -0.05) is 0 Å². The number of hydrogen-bond donors (Lipinski definition) is 0. The average molecular weight is 118 g/mol. The molecular formula is H6Si4. The van der Waals surface area contributed by atoms with E-state index in [9.17, 15) is 0 Å². The third-order valence-electron chi connectivity index (χ3n) is 0.177. The van der Waals surface area contributed by atoms with Gasteiger partial charge in [-0.2, -0.15) is 0 Å². The molecule has 0 aliphatic rings. The second kappa shape index (κ2) is 3.87. The van der Waals surface area contributed by atoms with Gasteiger partial charge in [-0.15, -0.1) is 0 Å². The fourth-order valence-corrected chi connectivity index (χ4v) is 0. The highest BCUT2D eigenvalue weighted by Gasteiger charge is 1.61. The second-order valence-electron chi connectivity index (χ2n) is 0.604. The van der Waals surface area contributed by atoms with Crippen molar-refractivity contribution in [2.75, 3.05) is 0 Å². The monoisotopic (exact) mass is 118 g/mol. The van der Waals surface area contributed by atoms with Gasteiger partial charge in [0.15, 0.2) is 0 Å². The topological polar surface area (TPSA) is 0 Å². The average Bonchev–Trinajstić information content (AvgIpc) is 1.37. The minimum absolute atomic E-state index is 0.381. The van der Waals surface area contributed by atoms with E-state index in [4.69, 9.17) is 0 Å². The van der Waals surface area contributed by atoms with Crippen LogP contribution in [0.3, 0.4) is 0 Å². The summed E-state index contributed by atoms with van der Waals surface area (Å²) in [5, 5.41) is 0. The quantitative estimate of drug-likeness (QED) is 0.320. The highest BCUT2D eigenvalue weighted by atomic mass is 29.7. The van der Waals surface area contributed by atoms with Crippen molar-refractivity contribution in [1.29, 1.82) is 0 Å². The normalized spacial score (nSPS) is 13.5. The van der Waals surface area contributed by atoms with E-state index < -0.39 is 0 Å². The van der Waals surface area contributed by atoms with Crippen LogP contribution in [0.5, 0.6) is 0 Å². The molecule has 0 atom stereocenters. The summed E-state index contributed by atoms with van der Waals surface area (Å²) in [6.07, 6.45) is 0. The summed E-state index contributed by atoms with van der Waals surface area (Å²) in [6.45, 7) is 0. The van der Waals surface area contributed by atoms with Crippen LogP contribution in [0.25, 0.3) is 0 Å². The van der Waals surface area contributed by atoms with Crippen molar-refractivity contribution in [3.8, 4) is 0 Å². The lowest BCUT2D eigenvalue weighted by Crippen LogP contribution is -2.00. The largest absolute Gasteiger partial charge is 0.00934 e. The van der Waals surface area contributed by atoms with Gasteiger partial charge >= 0.3 is 0 Å². The molecule has 0 spiro atoms. The maximum Gasteiger partial charge on any atom is -0.00149 e. The summed E-state index contributed by atoms with van der Waals surface area (Å²) in [6, 6.07) is 0. The van der Waals surface area contributed by atoms with Crippen LogP contribution in [-0.4, -0.2) is 36.6 Å². The molecule has 0 nitrogen and oxygen atoms in total. The van der Waals surface area contributed by atoms with Crippen molar-refractivity contribution in [2.45, 2.75) is 0 Å². The lowest BCUT2D eigenvalue weighted by molar-refractivity contribution is 4.14. The Labute approximate surface area is 37.2 Å². The summed E-state index contributed by atoms with van der Waals surface area (Å²) in [7, 11) is 6.56. The first kappa shape index (κ1) is 4.87. The predicted octanol–water partition coefficient (Wildman–Crippen LogP) is -3.13. The van der Waals surface area contributed by atoms with Gasteiger partial charge in [-0.25, -0.2) is 0 Å². The first-order chi connectivity index (χ1) is 1.91. The van der Waals surface area contributed by atoms with E-state index in [2.05, 4.69) is 19.5 Å². The highest BCUT2D eigenvalue weighted by Crippen LogP contribution is 1.24. The molecular weight excluding hydrogens is 112 g/mol. The molecule has 0 aromatic heterocycles. The van der Waals surface area contributed by atoms with E-state index in [1.807, 2.05) is 0 Å². The van der Waals surface area contributed by atoms with Crippen LogP contribution in [-0.2, 0) is 0 Å². The number of hydrogen-bond acceptors (Lipinski definition) is 0. The van der Waals surface area contributed by atoms with Gasteiger partial charge < -0.3 is 0 Å². The van der Waals surface area contributed by atoms with Crippen LogP contribution >= 0.6 is 0 Å². The van der Waals surface area contributed by atoms with Gasteiger partial charge in [-0.3, -0.25) is 0 Å². The zero-order valence-electron chi connectivity index (χ0n) is 2.62. The molecule has 0 aliphatic heterocycles. The number of rotatable bonds is 1. The van der Waals surface area contributed by atoms with Crippen molar-refractivity contribution < 1.29 is 0 Å². The molecule has 0 heterocycles. The van der Waals surface area contributed by atoms with Crippen molar-refractivity contribution in [3.05, 3.63) is 0 Å². The molecule has 0 saturated carbocycles. The zero-order valence-corrected chi connectivity index (χ0v) is 7.86. The maximum atomic E-state index is 3.50. The maximum absolute atomic E-state index is 3.50. The summed E-state index contributed by atoms with van der Waals surface area (Å²) in [5.74, 6) is 0. The molecule has 0 unspecified atom stereocenters. The predicted molar refractivity (Wildman–Crippen MR) is 31.4 cm³/mol. The molecule has 0 rings (SSSR count). The lowest BCUT2D eigenvalue weighted by Gasteiger charge is -1.63. The van der Waals surface area contributed by atoms with Gasteiger partial charge in [0.05, 0.1) is 0 Å². The fraction of sp³-hybridized carbons (Fsp3) is 0. The molecule has 0 N–H and O–H groups in total. The Morgan fingerprint density at radius 3 is 2.00 bits per heavy atom. The van der Waals surface area contributed by atoms with Gasteiger partial charge in [-0.05, 0) is 36.6 Å². The zero-order chi connectivity index (χ0) is 3.41. The summed E-state index contributed by atoms with van der Waals surface area (Å²) in [4.78, 5) is 0. The Morgan fingerprint density at radius 2 is 2.00 bits per heavy atom. The summed E-state index contributed by atoms with van der Waals surface area (Å²) < 4.78 is 0. The van der Waals surface area contributed by atoms with E-state index in [1.165, 1.54) is 0 Å². The molecule has 22 valence electrons. The van der Waals surface area contributed by atoms with Gasteiger partial charge in [0.1, 0.15) is 0 Å². The Bertz CT molecular complexity index is 2.00.